The number of likely N-dealkylation sites (tertiary alicyclic amines) is 1. The van der Waals surface area contributed by atoms with E-state index in [0.29, 0.717) is 26.2 Å². The molecule has 2 unspecified atom stereocenters. The Bertz CT molecular complexity index is 783. The molecule has 0 saturated carbocycles. The summed E-state index contributed by atoms with van der Waals surface area (Å²) in [6, 6.07) is 7.50. The summed E-state index contributed by atoms with van der Waals surface area (Å²) in [5, 5.41) is 2.81. The molecule has 1 aromatic carbocycles. The summed E-state index contributed by atoms with van der Waals surface area (Å²) < 4.78 is 0. The fourth-order valence-electron chi connectivity index (χ4n) is 3.97. The van der Waals surface area contributed by atoms with Crippen LogP contribution in [-0.4, -0.2) is 53.7 Å². The molecule has 1 fully saturated rings. The number of nitrogens with one attached hydrogen (secondary N) is 1. The standard InChI is InChI=1S/C21H28N4O3.ClH/c1-15(26)25-12-8-16-5-2-3-7-18(16)19(25)13-20(27)24-11-4-6-17(14-24)21(28)23-10-9-22;/h2-3,5,7-8,12,17,19H,4,6,9-11,13-14,22H2,1H3,(H,23,28);1H. The number of hydrogen-bond donors (Lipinski definition) is 2. The number of amides is 3. The molecular formula is C21H29ClN4O3. The largest absolute Gasteiger partial charge is 0.355 e. The van der Waals surface area contributed by atoms with E-state index in [1.165, 1.54) is 6.92 Å². The maximum atomic E-state index is 13.0. The van der Waals surface area contributed by atoms with Gasteiger partial charge in [0, 0.05) is 39.3 Å². The molecular weight excluding hydrogens is 392 g/mol. The summed E-state index contributed by atoms with van der Waals surface area (Å²) in [4.78, 5) is 40.8. The minimum Gasteiger partial charge on any atom is -0.355 e. The minimum atomic E-state index is -0.322. The van der Waals surface area contributed by atoms with E-state index in [1.807, 2.05) is 30.3 Å². The molecule has 0 spiro atoms. The van der Waals surface area contributed by atoms with Crippen molar-refractivity contribution in [2.45, 2.75) is 32.2 Å². The van der Waals surface area contributed by atoms with Crippen LogP contribution in [0.5, 0.6) is 0 Å². The molecule has 0 radical (unpaired) electrons. The Kier molecular flexibility index (Phi) is 8.22. The molecule has 1 aromatic rings. The highest BCUT2D eigenvalue weighted by Gasteiger charge is 2.33. The Hall–Kier alpha value is -2.38. The SMILES string of the molecule is CC(=O)N1C=Cc2ccccc2C1CC(=O)N1CCCC(C(=O)NCCN)C1.Cl. The van der Waals surface area contributed by atoms with Gasteiger partial charge in [0.2, 0.25) is 17.7 Å². The second-order valence-electron chi connectivity index (χ2n) is 7.35. The van der Waals surface area contributed by atoms with Gasteiger partial charge in [-0.2, -0.15) is 0 Å². The normalized spacial score (nSPS) is 20.5. The lowest BCUT2D eigenvalue weighted by atomic mass is 9.92. The number of halogens is 1. The number of carbonyl (C=O) groups excluding carboxylic acids is 3. The maximum Gasteiger partial charge on any atom is 0.225 e. The fraction of sp³-hybridized carbons (Fsp3) is 0.476. The second kappa shape index (κ2) is 10.4. The van der Waals surface area contributed by atoms with Crippen molar-refractivity contribution in [1.29, 1.82) is 0 Å². The summed E-state index contributed by atoms with van der Waals surface area (Å²) in [6.45, 7) is 3.41. The van der Waals surface area contributed by atoms with Crippen molar-refractivity contribution < 1.29 is 14.4 Å². The Morgan fingerprint density at radius 3 is 2.72 bits per heavy atom. The lowest BCUT2D eigenvalue weighted by molar-refractivity contribution is -0.137. The van der Waals surface area contributed by atoms with Gasteiger partial charge in [0.25, 0.3) is 0 Å². The molecule has 2 aliphatic rings. The lowest BCUT2D eigenvalue weighted by Crippen LogP contribution is -2.47. The molecule has 29 heavy (non-hydrogen) atoms. The van der Waals surface area contributed by atoms with E-state index in [1.54, 1.807) is 16.0 Å². The smallest absolute Gasteiger partial charge is 0.225 e. The maximum absolute atomic E-state index is 13.0. The summed E-state index contributed by atoms with van der Waals surface area (Å²) in [5.74, 6) is -0.370. The number of rotatable bonds is 5. The predicted molar refractivity (Wildman–Crippen MR) is 114 cm³/mol. The molecule has 2 heterocycles. The highest BCUT2D eigenvalue weighted by atomic mass is 35.5. The van der Waals surface area contributed by atoms with Gasteiger partial charge in [-0.05, 0) is 30.0 Å². The Balaban J connectivity index is 0.00000300. The minimum absolute atomic E-state index is 0. The van der Waals surface area contributed by atoms with Gasteiger partial charge in [-0.15, -0.1) is 12.4 Å². The van der Waals surface area contributed by atoms with E-state index in [4.69, 9.17) is 5.73 Å². The number of nitrogens with two attached hydrogens (primary N) is 1. The average Bonchev–Trinajstić information content (AvgIpc) is 2.72. The first-order valence-electron chi connectivity index (χ1n) is 9.83. The zero-order chi connectivity index (χ0) is 20.1. The Morgan fingerprint density at radius 2 is 2.00 bits per heavy atom. The topological polar surface area (TPSA) is 95.7 Å². The molecule has 3 rings (SSSR count). The predicted octanol–water partition coefficient (Wildman–Crippen LogP) is 1.69. The van der Waals surface area contributed by atoms with Crippen LogP contribution in [0.1, 0.15) is 43.4 Å². The van der Waals surface area contributed by atoms with Gasteiger partial charge in [0.1, 0.15) is 0 Å². The number of piperidine rings is 1. The van der Waals surface area contributed by atoms with Crippen molar-refractivity contribution in [3.8, 4) is 0 Å². The van der Waals surface area contributed by atoms with E-state index in [2.05, 4.69) is 5.32 Å². The van der Waals surface area contributed by atoms with Crippen LogP contribution in [-0.2, 0) is 14.4 Å². The summed E-state index contributed by atoms with van der Waals surface area (Å²) in [6.07, 6.45) is 5.43. The third-order valence-electron chi connectivity index (χ3n) is 5.43. The van der Waals surface area contributed by atoms with Gasteiger partial charge in [-0.1, -0.05) is 24.3 Å². The Morgan fingerprint density at radius 1 is 1.24 bits per heavy atom. The first-order valence-corrected chi connectivity index (χ1v) is 9.83. The zero-order valence-electron chi connectivity index (χ0n) is 16.7. The van der Waals surface area contributed by atoms with Crippen LogP contribution in [0.3, 0.4) is 0 Å². The first-order chi connectivity index (χ1) is 13.5. The lowest BCUT2D eigenvalue weighted by Gasteiger charge is -2.36. The molecule has 2 atom stereocenters. The van der Waals surface area contributed by atoms with Crippen LogP contribution >= 0.6 is 12.4 Å². The van der Waals surface area contributed by atoms with Gasteiger partial charge in [0.15, 0.2) is 0 Å². The first kappa shape index (κ1) is 22.9. The van der Waals surface area contributed by atoms with Crippen molar-refractivity contribution in [2.24, 2.45) is 11.7 Å². The van der Waals surface area contributed by atoms with Gasteiger partial charge in [-0.25, -0.2) is 0 Å². The highest BCUT2D eigenvalue weighted by Crippen LogP contribution is 2.33. The molecule has 1 saturated heterocycles. The van der Waals surface area contributed by atoms with Crippen LogP contribution < -0.4 is 11.1 Å². The number of nitrogens with zero attached hydrogens (tertiary/aromatic N) is 2. The molecule has 0 bridgehead atoms. The summed E-state index contributed by atoms with van der Waals surface area (Å²) in [7, 11) is 0. The van der Waals surface area contributed by atoms with Crippen LogP contribution in [0.25, 0.3) is 6.08 Å². The molecule has 7 nitrogen and oxygen atoms in total. The van der Waals surface area contributed by atoms with Crippen molar-refractivity contribution in [3.05, 3.63) is 41.6 Å². The van der Waals surface area contributed by atoms with Gasteiger partial charge < -0.3 is 20.9 Å². The van der Waals surface area contributed by atoms with Crippen LogP contribution in [0.2, 0.25) is 0 Å². The monoisotopic (exact) mass is 420 g/mol. The zero-order valence-corrected chi connectivity index (χ0v) is 17.5. The number of hydrogen-bond acceptors (Lipinski definition) is 4. The van der Waals surface area contributed by atoms with Crippen molar-refractivity contribution >= 4 is 36.2 Å². The van der Waals surface area contributed by atoms with Crippen LogP contribution in [0.15, 0.2) is 30.5 Å². The van der Waals surface area contributed by atoms with E-state index >= 15 is 0 Å². The second-order valence-corrected chi connectivity index (χ2v) is 7.35. The Labute approximate surface area is 177 Å². The quantitative estimate of drug-likeness (QED) is 0.757. The summed E-state index contributed by atoms with van der Waals surface area (Å²) >= 11 is 0. The summed E-state index contributed by atoms with van der Waals surface area (Å²) in [5.41, 5.74) is 7.44. The van der Waals surface area contributed by atoms with Crippen molar-refractivity contribution in [3.63, 3.8) is 0 Å². The fourth-order valence-corrected chi connectivity index (χ4v) is 3.97. The molecule has 158 valence electrons. The van der Waals surface area contributed by atoms with E-state index < -0.39 is 0 Å². The van der Waals surface area contributed by atoms with Crippen LogP contribution in [0, 0.1) is 5.92 Å². The average molecular weight is 421 g/mol. The molecule has 0 aliphatic carbocycles. The van der Waals surface area contributed by atoms with Gasteiger partial charge in [-0.3, -0.25) is 14.4 Å². The van der Waals surface area contributed by atoms with Crippen LogP contribution in [0.4, 0.5) is 0 Å². The van der Waals surface area contributed by atoms with E-state index in [-0.39, 0.29) is 48.5 Å². The number of fused-ring (bicyclic) bond motifs is 1. The third kappa shape index (κ3) is 5.36. The number of carbonyl (C=O) groups is 3. The van der Waals surface area contributed by atoms with E-state index in [0.717, 1.165) is 24.0 Å². The third-order valence-corrected chi connectivity index (χ3v) is 5.43. The van der Waals surface area contributed by atoms with Gasteiger partial charge in [0.05, 0.1) is 18.4 Å². The highest BCUT2D eigenvalue weighted by molar-refractivity contribution is 5.85. The molecule has 0 aromatic heterocycles. The van der Waals surface area contributed by atoms with Crippen molar-refractivity contribution in [1.82, 2.24) is 15.1 Å². The molecule has 3 amide bonds. The van der Waals surface area contributed by atoms with Crippen molar-refractivity contribution in [2.75, 3.05) is 26.2 Å². The molecule has 8 heteroatoms. The van der Waals surface area contributed by atoms with E-state index in [9.17, 15) is 14.4 Å². The van der Waals surface area contributed by atoms with Gasteiger partial charge >= 0.3 is 0 Å². The number of benzene rings is 1. The molecule has 2 aliphatic heterocycles. The molecule has 3 N–H and O–H groups in total.